The van der Waals surface area contributed by atoms with Crippen LogP contribution in [0.3, 0.4) is 0 Å². The minimum Gasteiger partial charge on any atom is -0.481 e. The standard InChI is InChI=1S/C24H40O4.C24H38O3.C22H34O3/c1-14(4-9-22(27)28)18-7-8-19-17-6-5-15-12-16(25)10-11-23(15,2)20(17)13-21(26)24(18,19)3;1-14-10-11-23(4)17(12-14)6-7-18-20-9-8-19(15(2)25)24(20,5)22(13-21(18)23)27-16(3)26;1-13-9-10-21(3)15(11-13)5-6-16-17-7-8-19(24)22(17,4)20(12-18(16)21)25-14(2)23/h14-21,25-26H,4-13H2,1-3H3,(H,27,28);14,17-22H,6-13H2,1-5H3;13,15-18,20H,5-12H2,1-4H3/t14-,15-,16-,17?,18?,19?,20?,21+,23+,24-;14-,17-,18?,19?,20?,21?,22?,23+,24-;13-,15-,16?,17?,18?,20?,21+,22+/m111/s1. The third-order valence-corrected chi connectivity index (χ3v) is 29.1. The highest BCUT2D eigenvalue weighted by molar-refractivity contribution is 5.88. The van der Waals surface area contributed by atoms with Gasteiger partial charge in [-0.15, -0.1) is 0 Å². The van der Waals surface area contributed by atoms with Crippen LogP contribution in [0, 0.1) is 133 Å². The summed E-state index contributed by atoms with van der Waals surface area (Å²) in [7, 11) is 0. The van der Waals surface area contributed by atoms with Crippen molar-refractivity contribution in [2.24, 2.45) is 133 Å². The molecule has 27 atom stereocenters. The van der Waals surface area contributed by atoms with Crippen LogP contribution in [0.5, 0.6) is 0 Å². The molecule has 452 valence electrons. The summed E-state index contributed by atoms with van der Waals surface area (Å²) in [5.41, 5.74) is 0.389. The SMILES string of the molecule is CC(=O)OC1CC2C(CC[C@@H]3C[C@H](C)CC[C@]23C)C2CCC(=O)[C@@]12C.CC(=O)OC1CC2C(CC[C@@H]3C[C@H](C)CC[C@]23C)C2CCC(C(C)=O)[C@@]12C.C[C@H](CCC(=O)O)C1CCC2C3CC[C@@H]4C[C@H](O)CC[C@]4(C)C3C[C@H](O)[C@@]21C. The van der Waals surface area contributed by atoms with Crippen molar-refractivity contribution in [3.8, 4) is 0 Å². The number of aliphatic hydroxyl groups is 2. The van der Waals surface area contributed by atoms with Gasteiger partial charge in [0.2, 0.25) is 0 Å². The summed E-state index contributed by atoms with van der Waals surface area (Å²) < 4.78 is 11.8. The van der Waals surface area contributed by atoms with Crippen molar-refractivity contribution in [2.75, 3.05) is 0 Å². The summed E-state index contributed by atoms with van der Waals surface area (Å²) in [6.45, 7) is 26.0. The molecule has 12 fully saturated rings. The molecule has 0 aliphatic heterocycles. The molecule has 13 unspecified atom stereocenters. The third-order valence-electron chi connectivity index (χ3n) is 29.1. The van der Waals surface area contributed by atoms with Crippen LogP contribution in [0.4, 0.5) is 0 Å². The van der Waals surface area contributed by atoms with Crippen molar-refractivity contribution in [1.82, 2.24) is 0 Å². The number of rotatable bonds is 7. The van der Waals surface area contributed by atoms with Crippen molar-refractivity contribution < 1.29 is 48.8 Å². The second kappa shape index (κ2) is 22.5. The lowest BCUT2D eigenvalue weighted by molar-refractivity contribution is -0.192. The zero-order valence-corrected chi connectivity index (χ0v) is 52.2. The van der Waals surface area contributed by atoms with E-state index in [0.29, 0.717) is 99.8 Å². The van der Waals surface area contributed by atoms with Gasteiger partial charge < -0.3 is 24.8 Å². The molecule has 12 saturated carbocycles. The number of Topliss-reactive ketones (excluding diaryl/α,β-unsaturated/α-hetero) is 2. The fraction of sp³-hybridized carbons (Fsp3) is 0.929. The monoisotopic (exact) mass is 1110 g/mol. The van der Waals surface area contributed by atoms with Crippen LogP contribution >= 0.6 is 0 Å². The highest BCUT2D eigenvalue weighted by Crippen LogP contribution is 2.71. The lowest BCUT2D eigenvalue weighted by Crippen LogP contribution is -2.59. The lowest BCUT2D eigenvalue weighted by atomic mass is 9.43. The molecular weight excluding hydrogens is 1000 g/mol. The van der Waals surface area contributed by atoms with E-state index >= 15 is 0 Å². The van der Waals surface area contributed by atoms with Crippen LogP contribution in [0.2, 0.25) is 0 Å². The quantitative estimate of drug-likeness (QED) is 0.209. The minimum absolute atomic E-state index is 0.0591. The molecule has 0 aromatic carbocycles. The van der Waals surface area contributed by atoms with Crippen LogP contribution in [-0.4, -0.2) is 69.2 Å². The van der Waals surface area contributed by atoms with Gasteiger partial charge in [-0.1, -0.05) is 68.2 Å². The predicted octanol–water partition coefficient (Wildman–Crippen LogP) is 14.7. The molecule has 12 aliphatic rings. The maximum Gasteiger partial charge on any atom is 0.303 e. The summed E-state index contributed by atoms with van der Waals surface area (Å²) in [5.74, 6) is 9.76. The number of aliphatic carboxylic acids is 1. The van der Waals surface area contributed by atoms with Gasteiger partial charge in [-0.05, 0) is 271 Å². The topological polar surface area (TPSA) is 164 Å². The normalized spacial score (nSPS) is 51.8. The molecule has 12 aliphatic carbocycles. The molecule has 0 saturated heterocycles. The molecule has 0 heterocycles. The molecule has 0 aromatic heterocycles. The number of ether oxygens (including phenoxy) is 2. The van der Waals surface area contributed by atoms with E-state index in [0.717, 1.165) is 94.3 Å². The largest absolute Gasteiger partial charge is 0.481 e. The number of aliphatic hydroxyl groups excluding tert-OH is 2. The van der Waals surface area contributed by atoms with Gasteiger partial charge in [-0.3, -0.25) is 24.0 Å². The molecule has 0 bridgehead atoms. The van der Waals surface area contributed by atoms with Crippen molar-refractivity contribution in [1.29, 1.82) is 0 Å². The van der Waals surface area contributed by atoms with E-state index in [1.165, 1.54) is 97.3 Å². The van der Waals surface area contributed by atoms with Crippen molar-refractivity contribution in [2.45, 2.75) is 274 Å². The van der Waals surface area contributed by atoms with Gasteiger partial charge in [0.15, 0.2) is 0 Å². The Hall–Kier alpha value is -2.33. The molecule has 80 heavy (non-hydrogen) atoms. The number of carboxylic acids is 1. The fourth-order valence-electron chi connectivity index (χ4n) is 24.7. The van der Waals surface area contributed by atoms with Crippen LogP contribution < -0.4 is 0 Å². The Morgan fingerprint density at radius 1 is 0.537 bits per heavy atom. The number of carbonyl (C=O) groups excluding carboxylic acids is 4. The summed E-state index contributed by atoms with van der Waals surface area (Å²) in [6.07, 6.45) is 28.0. The van der Waals surface area contributed by atoms with Gasteiger partial charge in [0.25, 0.3) is 0 Å². The lowest BCUT2D eigenvalue weighted by Gasteiger charge is -2.62. The van der Waals surface area contributed by atoms with E-state index < -0.39 is 11.4 Å². The Labute approximate surface area is 483 Å². The highest BCUT2D eigenvalue weighted by atomic mass is 16.5. The average molecular weight is 1110 g/mol. The maximum absolute atomic E-state index is 12.8. The zero-order valence-electron chi connectivity index (χ0n) is 52.2. The second-order valence-electron chi connectivity index (χ2n) is 32.4. The minimum atomic E-state index is -0.707. The van der Waals surface area contributed by atoms with Crippen LogP contribution in [0.25, 0.3) is 0 Å². The van der Waals surface area contributed by atoms with Crippen molar-refractivity contribution in [3.63, 3.8) is 0 Å². The first-order chi connectivity index (χ1) is 37.6. The first-order valence-electron chi connectivity index (χ1n) is 33.6. The Kier molecular flexibility index (Phi) is 17.1. The third kappa shape index (κ3) is 10.1. The number of hydrogen-bond acceptors (Lipinski definition) is 9. The van der Waals surface area contributed by atoms with Gasteiger partial charge in [-0.25, -0.2) is 0 Å². The molecule has 0 aromatic rings. The number of hydrogen-bond donors (Lipinski definition) is 3. The van der Waals surface area contributed by atoms with E-state index in [1.54, 1.807) is 6.92 Å². The summed E-state index contributed by atoms with van der Waals surface area (Å²) in [5, 5.41) is 30.8. The smallest absolute Gasteiger partial charge is 0.303 e. The summed E-state index contributed by atoms with van der Waals surface area (Å²) in [6, 6.07) is 0. The first-order valence-corrected chi connectivity index (χ1v) is 33.6. The van der Waals surface area contributed by atoms with Gasteiger partial charge in [0.05, 0.1) is 17.6 Å². The van der Waals surface area contributed by atoms with Gasteiger partial charge in [0, 0.05) is 38.0 Å². The summed E-state index contributed by atoms with van der Waals surface area (Å²) in [4.78, 5) is 60.1. The molecule has 0 radical (unpaired) electrons. The van der Waals surface area contributed by atoms with E-state index in [1.807, 2.05) is 0 Å². The van der Waals surface area contributed by atoms with Gasteiger partial charge in [0.1, 0.15) is 23.8 Å². The van der Waals surface area contributed by atoms with Gasteiger partial charge in [-0.2, -0.15) is 0 Å². The maximum atomic E-state index is 12.8. The Balaban J connectivity index is 0.000000135. The molecule has 10 heteroatoms. The zero-order chi connectivity index (χ0) is 57.8. The average Bonchev–Trinajstić information content (AvgIpc) is 4.03. The molecule has 10 nitrogen and oxygen atoms in total. The summed E-state index contributed by atoms with van der Waals surface area (Å²) >= 11 is 0. The Bertz CT molecular complexity index is 2310. The van der Waals surface area contributed by atoms with Crippen LogP contribution in [-0.2, 0) is 33.4 Å². The van der Waals surface area contributed by atoms with Crippen molar-refractivity contribution >= 4 is 29.5 Å². The Morgan fingerprint density at radius 3 is 1.55 bits per heavy atom. The van der Waals surface area contributed by atoms with E-state index in [2.05, 4.69) is 62.3 Å². The molecule has 3 N–H and O–H groups in total. The van der Waals surface area contributed by atoms with E-state index in [4.69, 9.17) is 14.6 Å². The van der Waals surface area contributed by atoms with E-state index in [9.17, 15) is 34.2 Å². The van der Waals surface area contributed by atoms with Gasteiger partial charge >= 0.3 is 17.9 Å². The number of carbonyl (C=O) groups is 5. The van der Waals surface area contributed by atoms with Crippen LogP contribution in [0.15, 0.2) is 0 Å². The van der Waals surface area contributed by atoms with Crippen molar-refractivity contribution in [3.05, 3.63) is 0 Å². The molecule has 0 spiro atoms. The van der Waals surface area contributed by atoms with E-state index in [-0.39, 0.29) is 64.9 Å². The molecule has 0 amide bonds. The number of ketones is 2. The number of fused-ring (bicyclic) bond motifs is 15. The fourth-order valence-corrected chi connectivity index (χ4v) is 24.7. The first kappa shape index (κ1) is 60.8. The Morgan fingerprint density at radius 2 is 1.01 bits per heavy atom. The number of esters is 2. The second-order valence-corrected chi connectivity index (χ2v) is 32.4. The molecular formula is C70H112O10. The number of carboxylic acid groups (broad SMARTS) is 1. The van der Waals surface area contributed by atoms with Crippen LogP contribution in [0.1, 0.15) is 250 Å². The molecule has 12 rings (SSSR count). The predicted molar refractivity (Wildman–Crippen MR) is 311 cm³/mol. The highest BCUT2D eigenvalue weighted by Gasteiger charge is 2.68.